The van der Waals surface area contributed by atoms with Crippen LogP contribution in [0.1, 0.15) is 45.1 Å². The lowest BCUT2D eigenvalue weighted by atomic mass is 9.69. The quantitative estimate of drug-likeness (QED) is 0.741. The van der Waals surface area contributed by atoms with E-state index >= 15 is 0 Å². The van der Waals surface area contributed by atoms with Crippen LogP contribution in [0.25, 0.3) is 0 Å². The summed E-state index contributed by atoms with van der Waals surface area (Å²) in [6, 6.07) is 6.04. The number of carbonyl (C=O) groups is 1. The van der Waals surface area contributed by atoms with E-state index in [4.69, 9.17) is 9.47 Å². The van der Waals surface area contributed by atoms with Gasteiger partial charge in [-0.25, -0.2) is 0 Å². The van der Waals surface area contributed by atoms with E-state index in [2.05, 4.69) is 41.2 Å². The fraction of sp³-hybridized carbons (Fsp3) is 0.400. The molecule has 5 nitrogen and oxygen atoms in total. The first-order valence-electron chi connectivity index (χ1n) is 8.54. The Balaban J connectivity index is 1.92. The van der Waals surface area contributed by atoms with Crippen molar-refractivity contribution < 1.29 is 14.3 Å². The van der Waals surface area contributed by atoms with Gasteiger partial charge < -0.3 is 14.8 Å². The van der Waals surface area contributed by atoms with Gasteiger partial charge in [-0.1, -0.05) is 29.8 Å². The first kappa shape index (κ1) is 17.2. The number of benzene rings is 1. The maximum absolute atomic E-state index is 13.0. The molecule has 1 atom stereocenters. The summed E-state index contributed by atoms with van der Waals surface area (Å²) >= 11 is 3.60. The SMILES string of the molecule is CC1=C(C#N)C(c2cc3c(cc2Br)OCO3)C2=C(CC(C)(C)CC2=O)N1. The molecule has 134 valence electrons. The van der Waals surface area contributed by atoms with E-state index in [1.807, 2.05) is 19.1 Å². The molecule has 2 heterocycles. The molecule has 1 N–H and O–H groups in total. The molecule has 1 aliphatic carbocycles. The largest absolute Gasteiger partial charge is 0.454 e. The van der Waals surface area contributed by atoms with Gasteiger partial charge in [-0.05, 0) is 36.5 Å². The summed E-state index contributed by atoms with van der Waals surface area (Å²) in [6.45, 7) is 6.27. The zero-order valence-electron chi connectivity index (χ0n) is 14.9. The van der Waals surface area contributed by atoms with Crippen LogP contribution < -0.4 is 14.8 Å². The maximum atomic E-state index is 13.0. The molecule has 0 amide bonds. The Morgan fingerprint density at radius 2 is 1.96 bits per heavy atom. The Labute approximate surface area is 160 Å². The van der Waals surface area contributed by atoms with E-state index in [0.29, 0.717) is 29.1 Å². The Bertz CT molecular complexity index is 937. The van der Waals surface area contributed by atoms with Crippen LogP contribution in [-0.4, -0.2) is 12.6 Å². The fourth-order valence-electron chi connectivity index (χ4n) is 4.05. The smallest absolute Gasteiger partial charge is 0.231 e. The lowest BCUT2D eigenvalue weighted by Crippen LogP contribution is -2.36. The van der Waals surface area contributed by atoms with Gasteiger partial charge in [-0.15, -0.1) is 0 Å². The molecule has 0 aromatic heterocycles. The Morgan fingerprint density at radius 1 is 1.27 bits per heavy atom. The summed E-state index contributed by atoms with van der Waals surface area (Å²) in [6.07, 6.45) is 1.26. The molecule has 1 aromatic rings. The molecule has 4 rings (SSSR count). The molecule has 0 fully saturated rings. The lowest BCUT2D eigenvalue weighted by molar-refractivity contribution is -0.118. The monoisotopic (exact) mass is 414 g/mol. The summed E-state index contributed by atoms with van der Waals surface area (Å²) in [5.74, 6) is 1.00. The summed E-state index contributed by atoms with van der Waals surface area (Å²) in [7, 11) is 0. The van der Waals surface area contributed by atoms with Gasteiger partial charge >= 0.3 is 0 Å². The predicted molar refractivity (Wildman–Crippen MR) is 99.5 cm³/mol. The number of hydrogen-bond donors (Lipinski definition) is 1. The number of dihydropyridines is 1. The van der Waals surface area contributed by atoms with E-state index in [0.717, 1.165) is 27.9 Å². The van der Waals surface area contributed by atoms with Crippen molar-refractivity contribution in [2.24, 2.45) is 5.41 Å². The summed E-state index contributed by atoms with van der Waals surface area (Å²) < 4.78 is 11.8. The normalized spacial score (nSPS) is 23.5. The van der Waals surface area contributed by atoms with Crippen LogP contribution in [0, 0.1) is 16.7 Å². The van der Waals surface area contributed by atoms with Gasteiger partial charge in [0.15, 0.2) is 17.3 Å². The van der Waals surface area contributed by atoms with Crippen molar-refractivity contribution in [2.45, 2.75) is 39.5 Å². The van der Waals surface area contributed by atoms with Crippen LogP contribution >= 0.6 is 15.9 Å². The van der Waals surface area contributed by atoms with Crippen molar-refractivity contribution in [1.29, 1.82) is 5.26 Å². The molecule has 0 radical (unpaired) electrons. The number of fused-ring (bicyclic) bond motifs is 1. The van der Waals surface area contributed by atoms with Crippen LogP contribution in [0.15, 0.2) is 39.1 Å². The van der Waals surface area contributed by atoms with E-state index < -0.39 is 5.92 Å². The molecule has 2 aliphatic heterocycles. The van der Waals surface area contributed by atoms with Crippen LogP contribution in [0.4, 0.5) is 0 Å². The van der Waals surface area contributed by atoms with Gasteiger partial charge in [-0.2, -0.15) is 5.26 Å². The highest BCUT2D eigenvalue weighted by atomic mass is 79.9. The topological polar surface area (TPSA) is 71.3 Å². The molecule has 1 unspecified atom stereocenters. The first-order chi connectivity index (χ1) is 12.3. The fourth-order valence-corrected chi connectivity index (χ4v) is 4.60. The second kappa shape index (κ2) is 5.88. The number of ether oxygens (including phenoxy) is 2. The number of hydrogen-bond acceptors (Lipinski definition) is 5. The minimum absolute atomic E-state index is 0.0932. The standard InChI is InChI=1S/C20H19BrN2O3/c1-10-12(8-22)18(11-4-16-17(5-13(11)21)26-9-25-16)19-14(23-10)6-20(2,3)7-15(19)24/h4-5,18,23H,6-7,9H2,1-3H3. The van der Waals surface area contributed by atoms with Crippen LogP contribution in [-0.2, 0) is 4.79 Å². The summed E-state index contributed by atoms with van der Waals surface area (Å²) in [4.78, 5) is 13.0. The summed E-state index contributed by atoms with van der Waals surface area (Å²) in [5.41, 5.74) is 3.75. The van der Waals surface area contributed by atoms with E-state index in [1.165, 1.54) is 0 Å². The average molecular weight is 415 g/mol. The molecule has 3 aliphatic rings. The Hall–Kier alpha value is -2.26. The Morgan fingerprint density at radius 3 is 2.65 bits per heavy atom. The highest BCUT2D eigenvalue weighted by Crippen LogP contribution is 2.49. The zero-order chi connectivity index (χ0) is 18.6. The number of nitrogens with zero attached hydrogens (tertiary/aromatic N) is 1. The minimum Gasteiger partial charge on any atom is -0.454 e. The van der Waals surface area contributed by atoms with Gasteiger partial charge in [0.1, 0.15) is 0 Å². The number of Topliss-reactive ketones (excluding diaryl/α,β-unsaturated/α-hetero) is 1. The molecular formula is C20H19BrN2O3. The van der Waals surface area contributed by atoms with Crippen LogP contribution in [0.5, 0.6) is 11.5 Å². The van der Waals surface area contributed by atoms with E-state index in [9.17, 15) is 10.1 Å². The number of carbonyl (C=O) groups excluding carboxylic acids is 1. The van der Waals surface area contributed by atoms with E-state index in [1.54, 1.807) is 0 Å². The first-order valence-corrected chi connectivity index (χ1v) is 9.33. The van der Waals surface area contributed by atoms with Crippen LogP contribution in [0.3, 0.4) is 0 Å². The van der Waals surface area contributed by atoms with Gasteiger partial charge in [0.2, 0.25) is 6.79 Å². The number of allylic oxidation sites excluding steroid dienone is 4. The van der Waals surface area contributed by atoms with E-state index in [-0.39, 0.29) is 18.0 Å². The molecular weight excluding hydrogens is 396 g/mol. The van der Waals surface area contributed by atoms with Crippen molar-refractivity contribution in [2.75, 3.05) is 6.79 Å². The van der Waals surface area contributed by atoms with Crippen molar-refractivity contribution >= 4 is 21.7 Å². The van der Waals surface area contributed by atoms with Crippen molar-refractivity contribution in [3.63, 3.8) is 0 Å². The third-order valence-corrected chi connectivity index (χ3v) is 5.85. The predicted octanol–water partition coefficient (Wildman–Crippen LogP) is 4.31. The highest BCUT2D eigenvalue weighted by Gasteiger charge is 2.42. The molecule has 26 heavy (non-hydrogen) atoms. The number of ketones is 1. The number of nitrogens with one attached hydrogen (secondary N) is 1. The zero-order valence-corrected chi connectivity index (χ0v) is 16.5. The second-order valence-electron chi connectivity index (χ2n) is 7.77. The molecule has 0 bridgehead atoms. The Kier molecular flexibility index (Phi) is 3.89. The second-order valence-corrected chi connectivity index (χ2v) is 8.62. The van der Waals surface area contributed by atoms with Crippen molar-refractivity contribution in [3.8, 4) is 17.6 Å². The molecule has 0 saturated carbocycles. The van der Waals surface area contributed by atoms with Gasteiger partial charge in [0.25, 0.3) is 0 Å². The van der Waals surface area contributed by atoms with Crippen molar-refractivity contribution in [3.05, 3.63) is 44.7 Å². The molecule has 6 heteroatoms. The number of rotatable bonds is 1. The number of nitriles is 1. The average Bonchev–Trinajstić information content (AvgIpc) is 2.98. The minimum atomic E-state index is -0.399. The highest BCUT2D eigenvalue weighted by molar-refractivity contribution is 9.10. The van der Waals surface area contributed by atoms with Gasteiger partial charge in [0, 0.05) is 27.9 Å². The van der Waals surface area contributed by atoms with Gasteiger partial charge in [0.05, 0.1) is 17.6 Å². The van der Waals surface area contributed by atoms with Gasteiger partial charge in [-0.3, -0.25) is 4.79 Å². The molecule has 0 saturated heterocycles. The van der Waals surface area contributed by atoms with Crippen molar-refractivity contribution in [1.82, 2.24) is 5.32 Å². The van der Waals surface area contributed by atoms with Crippen LogP contribution in [0.2, 0.25) is 0 Å². The lowest BCUT2D eigenvalue weighted by Gasteiger charge is -2.38. The third-order valence-electron chi connectivity index (χ3n) is 5.16. The molecule has 1 aromatic carbocycles. The third kappa shape index (κ3) is 2.62. The summed E-state index contributed by atoms with van der Waals surface area (Å²) in [5, 5.41) is 13.1. The maximum Gasteiger partial charge on any atom is 0.231 e. The molecule has 0 spiro atoms. The number of halogens is 1.